The molecule has 0 bridgehead atoms. The van der Waals surface area contributed by atoms with Crippen LogP contribution < -0.4 is 9.80 Å². The van der Waals surface area contributed by atoms with E-state index in [1.807, 2.05) is 12.3 Å². The highest BCUT2D eigenvalue weighted by atomic mass is 15.1. The third kappa shape index (κ3) is 4.92. The molecule has 0 aliphatic heterocycles. The van der Waals surface area contributed by atoms with Crippen LogP contribution in [-0.2, 0) is 0 Å². The topological polar surface area (TPSA) is 19.4 Å². The highest BCUT2D eigenvalue weighted by Gasteiger charge is 2.22. The third-order valence-corrected chi connectivity index (χ3v) is 6.37. The molecule has 0 spiro atoms. The van der Waals surface area contributed by atoms with Gasteiger partial charge in [-0.15, -0.1) is 0 Å². The predicted octanol–water partition coefficient (Wildman–Crippen LogP) is 6.57. The molecule has 0 amide bonds. The number of rotatable bonds is 9. The van der Waals surface area contributed by atoms with Crippen LogP contribution in [0.5, 0.6) is 0 Å². The van der Waals surface area contributed by atoms with Crippen LogP contribution in [0.3, 0.4) is 0 Å². The third-order valence-electron chi connectivity index (χ3n) is 6.37. The molecular formula is C28H37N3. The van der Waals surface area contributed by atoms with Crippen LogP contribution in [-0.4, -0.2) is 31.2 Å². The van der Waals surface area contributed by atoms with Gasteiger partial charge < -0.3 is 9.80 Å². The molecule has 2 aromatic carbocycles. The fourth-order valence-electron chi connectivity index (χ4n) is 4.57. The van der Waals surface area contributed by atoms with Crippen molar-refractivity contribution in [1.82, 2.24) is 4.98 Å². The maximum Gasteiger partial charge on any atom is 0.0522 e. The number of pyridine rings is 1. The Balaban J connectivity index is 2.11. The summed E-state index contributed by atoms with van der Waals surface area (Å²) in [6, 6.07) is 20.0. The first-order chi connectivity index (χ1) is 15.0. The molecule has 1 heterocycles. The van der Waals surface area contributed by atoms with E-state index in [0.29, 0.717) is 0 Å². The van der Waals surface area contributed by atoms with Crippen LogP contribution in [0.4, 0.5) is 11.4 Å². The van der Waals surface area contributed by atoms with E-state index in [1.165, 1.54) is 33.6 Å². The van der Waals surface area contributed by atoms with E-state index in [4.69, 9.17) is 4.98 Å². The molecule has 0 radical (unpaired) electrons. The molecule has 0 N–H and O–H groups in total. The Kier molecular flexibility index (Phi) is 7.73. The highest BCUT2D eigenvalue weighted by molar-refractivity contribution is 5.58. The standard InChI is InChI=1S/C28H37N3/c1-7-30(8-2)23-14-16-25(21(5)19-23)28(27-13-11-12-18-29-27)26-17-15-24(20-22(26)6)31(9-3)10-4/h11-20,28H,7-10H2,1-6H3. The lowest BCUT2D eigenvalue weighted by Crippen LogP contribution is -2.22. The smallest absolute Gasteiger partial charge is 0.0522 e. The summed E-state index contributed by atoms with van der Waals surface area (Å²) in [5, 5.41) is 0. The first-order valence-corrected chi connectivity index (χ1v) is 11.7. The molecule has 3 rings (SSSR count). The van der Waals surface area contributed by atoms with E-state index in [-0.39, 0.29) is 5.92 Å². The average Bonchev–Trinajstić information content (AvgIpc) is 2.79. The van der Waals surface area contributed by atoms with Gasteiger partial charge in [0.25, 0.3) is 0 Å². The van der Waals surface area contributed by atoms with Crippen molar-refractivity contribution in [3.63, 3.8) is 0 Å². The largest absolute Gasteiger partial charge is 0.372 e. The van der Waals surface area contributed by atoms with Crippen LogP contribution in [0.15, 0.2) is 60.8 Å². The van der Waals surface area contributed by atoms with Crippen molar-refractivity contribution in [1.29, 1.82) is 0 Å². The molecular weight excluding hydrogens is 378 g/mol. The van der Waals surface area contributed by atoms with Crippen molar-refractivity contribution in [2.24, 2.45) is 0 Å². The van der Waals surface area contributed by atoms with Crippen molar-refractivity contribution < 1.29 is 0 Å². The molecule has 164 valence electrons. The molecule has 3 heteroatoms. The van der Waals surface area contributed by atoms with Crippen molar-refractivity contribution in [2.75, 3.05) is 36.0 Å². The Morgan fingerprint density at radius 3 is 1.52 bits per heavy atom. The zero-order chi connectivity index (χ0) is 22.4. The van der Waals surface area contributed by atoms with Gasteiger partial charge in [-0.2, -0.15) is 0 Å². The van der Waals surface area contributed by atoms with Gasteiger partial charge in [0.1, 0.15) is 0 Å². The van der Waals surface area contributed by atoms with Crippen molar-refractivity contribution in [2.45, 2.75) is 47.5 Å². The van der Waals surface area contributed by atoms with Gasteiger partial charge in [-0.05, 0) is 100 Å². The minimum Gasteiger partial charge on any atom is -0.372 e. The summed E-state index contributed by atoms with van der Waals surface area (Å²) in [5.41, 5.74) is 8.96. The second kappa shape index (κ2) is 10.5. The number of anilines is 2. The lowest BCUT2D eigenvalue weighted by Gasteiger charge is -2.27. The lowest BCUT2D eigenvalue weighted by molar-refractivity contribution is 0.855. The fourth-order valence-corrected chi connectivity index (χ4v) is 4.57. The van der Waals surface area contributed by atoms with Gasteiger partial charge in [-0.1, -0.05) is 18.2 Å². The zero-order valence-corrected chi connectivity index (χ0v) is 20.0. The average molecular weight is 416 g/mol. The van der Waals surface area contributed by atoms with E-state index in [9.17, 15) is 0 Å². The monoisotopic (exact) mass is 415 g/mol. The van der Waals surface area contributed by atoms with Crippen LogP contribution in [0.1, 0.15) is 61.6 Å². The number of nitrogens with zero attached hydrogens (tertiary/aromatic N) is 3. The summed E-state index contributed by atoms with van der Waals surface area (Å²) in [7, 11) is 0. The second-order valence-corrected chi connectivity index (χ2v) is 8.11. The molecule has 0 fully saturated rings. The number of hydrogen-bond acceptors (Lipinski definition) is 3. The summed E-state index contributed by atoms with van der Waals surface area (Å²) in [5.74, 6) is 0.123. The summed E-state index contributed by atoms with van der Waals surface area (Å²) >= 11 is 0. The minimum absolute atomic E-state index is 0.123. The quantitative estimate of drug-likeness (QED) is 0.394. The fraction of sp³-hybridized carbons (Fsp3) is 0.393. The van der Waals surface area contributed by atoms with Gasteiger partial charge in [-0.25, -0.2) is 0 Å². The first-order valence-electron chi connectivity index (χ1n) is 11.7. The minimum atomic E-state index is 0.123. The number of benzene rings is 2. The molecule has 0 saturated carbocycles. The van der Waals surface area contributed by atoms with Crippen LogP contribution in [0.25, 0.3) is 0 Å². The maximum absolute atomic E-state index is 4.77. The summed E-state index contributed by atoms with van der Waals surface area (Å²) in [4.78, 5) is 9.57. The summed E-state index contributed by atoms with van der Waals surface area (Å²) in [6.45, 7) is 17.4. The van der Waals surface area contributed by atoms with E-state index < -0.39 is 0 Å². The van der Waals surface area contributed by atoms with Crippen molar-refractivity contribution in [3.05, 3.63) is 88.7 Å². The molecule has 3 aromatic rings. The van der Waals surface area contributed by atoms with Crippen LogP contribution in [0, 0.1) is 13.8 Å². The normalized spacial score (nSPS) is 11.1. The molecule has 0 atom stereocenters. The lowest BCUT2D eigenvalue weighted by atomic mass is 9.83. The molecule has 0 unspecified atom stereocenters. The number of aryl methyl sites for hydroxylation is 2. The Hall–Kier alpha value is -2.81. The van der Waals surface area contributed by atoms with E-state index in [2.05, 4.69) is 99.9 Å². The van der Waals surface area contributed by atoms with Gasteiger partial charge in [0.15, 0.2) is 0 Å². The molecule has 0 saturated heterocycles. The Morgan fingerprint density at radius 2 is 1.16 bits per heavy atom. The second-order valence-electron chi connectivity index (χ2n) is 8.11. The Labute approximate surface area is 188 Å². The summed E-state index contributed by atoms with van der Waals surface area (Å²) in [6.07, 6.45) is 1.90. The highest BCUT2D eigenvalue weighted by Crippen LogP contribution is 2.37. The van der Waals surface area contributed by atoms with Gasteiger partial charge in [-0.3, -0.25) is 4.98 Å². The van der Waals surface area contributed by atoms with Crippen LogP contribution >= 0.6 is 0 Å². The molecule has 0 aliphatic carbocycles. The molecule has 3 nitrogen and oxygen atoms in total. The molecule has 0 aliphatic rings. The molecule has 1 aromatic heterocycles. The maximum atomic E-state index is 4.77. The van der Waals surface area contributed by atoms with E-state index in [0.717, 1.165) is 31.9 Å². The van der Waals surface area contributed by atoms with Gasteiger partial charge in [0.2, 0.25) is 0 Å². The van der Waals surface area contributed by atoms with Gasteiger partial charge in [0, 0.05) is 43.8 Å². The van der Waals surface area contributed by atoms with Crippen molar-refractivity contribution in [3.8, 4) is 0 Å². The molecule has 31 heavy (non-hydrogen) atoms. The van der Waals surface area contributed by atoms with E-state index in [1.54, 1.807) is 0 Å². The first kappa shape index (κ1) is 22.9. The van der Waals surface area contributed by atoms with Crippen LogP contribution in [0.2, 0.25) is 0 Å². The Morgan fingerprint density at radius 1 is 0.677 bits per heavy atom. The van der Waals surface area contributed by atoms with Gasteiger partial charge >= 0.3 is 0 Å². The number of aromatic nitrogens is 1. The van der Waals surface area contributed by atoms with Gasteiger partial charge in [0.05, 0.1) is 11.6 Å². The SMILES string of the molecule is CCN(CC)c1ccc(C(c2ccccn2)c2ccc(N(CC)CC)cc2C)c(C)c1. The number of hydrogen-bond donors (Lipinski definition) is 0. The predicted molar refractivity (Wildman–Crippen MR) is 135 cm³/mol. The summed E-state index contributed by atoms with van der Waals surface area (Å²) < 4.78 is 0. The van der Waals surface area contributed by atoms with E-state index >= 15 is 0 Å². The Bertz CT molecular complexity index is 911. The zero-order valence-electron chi connectivity index (χ0n) is 20.0. The van der Waals surface area contributed by atoms with Crippen molar-refractivity contribution >= 4 is 11.4 Å².